The van der Waals surface area contributed by atoms with E-state index in [0.717, 1.165) is 0 Å². The van der Waals surface area contributed by atoms with Crippen LogP contribution in [0.15, 0.2) is 22.7 Å². The van der Waals surface area contributed by atoms with Gasteiger partial charge in [0, 0.05) is 6.07 Å². The van der Waals surface area contributed by atoms with Gasteiger partial charge in [0.15, 0.2) is 28.9 Å². The van der Waals surface area contributed by atoms with E-state index in [0.29, 0.717) is 0 Å². The number of nitrogen functional groups attached to an aromatic ring is 1. The molecule has 0 aliphatic rings. The first-order chi connectivity index (χ1) is 7.63. The molecule has 0 saturated heterocycles. The molecule has 0 radical (unpaired) electrons. The Morgan fingerprint density at radius 3 is 2.81 bits per heavy atom. The SMILES string of the molecule is COc1c(O)ccc(-c2cc(N)no2)c1F. The third kappa shape index (κ3) is 1.54. The van der Waals surface area contributed by atoms with Crippen LogP contribution in [0.5, 0.6) is 11.5 Å². The maximum Gasteiger partial charge on any atom is 0.197 e. The van der Waals surface area contributed by atoms with Gasteiger partial charge in [0.1, 0.15) is 0 Å². The number of benzene rings is 1. The molecule has 0 aliphatic heterocycles. The van der Waals surface area contributed by atoms with Crippen LogP contribution in [0.4, 0.5) is 10.2 Å². The molecular formula is C10H9FN2O3. The summed E-state index contributed by atoms with van der Waals surface area (Å²) in [5.41, 5.74) is 5.48. The first-order valence-electron chi connectivity index (χ1n) is 4.41. The number of nitrogens with two attached hydrogens (primary N) is 1. The Kier molecular flexibility index (Phi) is 2.40. The van der Waals surface area contributed by atoms with Crippen molar-refractivity contribution in [3.05, 3.63) is 24.0 Å². The number of aromatic hydroxyl groups is 1. The predicted octanol–water partition coefficient (Wildman–Crippen LogP) is 1.78. The minimum atomic E-state index is -0.723. The lowest BCUT2D eigenvalue weighted by atomic mass is 10.1. The van der Waals surface area contributed by atoms with E-state index in [4.69, 9.17) is 15.0 Å². The minimum Gasteiger partial charge on any atom is -0.504 e. The van der Waals surface area contributed by atoms with Gasteiger partial charge >= 0.3 is 0 Å². The molecular weight excluding hydrogens is 215 g/mol. The molecule has 0 atom stereocenters. The van der Waals surface area contributed by atoms with Gasteiger partial charge in [-0.25, -0.2) is 4.39 Å². The lowest BCUT2D eigenvalue weighted by Gasteiger charge is -2.06. The molecule has 3 N–H and O–H groups in total. The van der Waals surface area contributed by atoms with Gasteiger partial charge in [0.2, 0.25) is 0 Å². The number of methoxy groups -OCH3 is 1. The highest BCUT2D eigenvalue weighted by molar-refractivity contribution is 5.65. The van der Waals surface area contributed by atoms with Crippen LogP contribution in [0.2, 0.25) is 0 Å². The van der Waals surface area contributed by atoms with Crippen molar-refractivity contribution in [1.29, 1.82) is 0 Å². The van der Waals surface area contributed by atoms with Crippen molar-refractivity contribution in [3.63, 3.8) is 0 Å². The summed E-state index contributed by atoms with van der Waals surface area (Å²) in [6.07, 6.45) is 0. The van der Waals surface area contributed by atoms with Gasteiger partial charge in [-0.15, -0.1) is 0 Å². The Balaban J connectivity index is 2.58. The fourth-order valence-corrected chi connectivity index (χ4v) is 1.35. The summed E-state index contributed by atoms with van der Waals surface area (Å²) >= 11 is 0. The molecule has 2 rings (SSSR count). The lowest BCUT2D eigenvalue weighted by molar-refractivity contribution is 0.350. The number of aromatic nitrogens is 1. The largest absolute Gasteiger partial charge is 0.504 e. The second kappa shape index (κ2) is 3.73. The molecule has 1 heterocycles. The Morgan fingerprint density at radius 1 is 1.50 bits per heavy atom. The standard InChI is InChI=1S/C10H9FN2O3/c1-15-10-6(14)3-2-5(9(10)11)7-4-8(12)13-16-7/h2-4,14H,1H3,(H2,12,13). The van der Waals surface area contributed by atoms with Gasteiger partial charge in [-0.05, 0) is 12.1 Å². The van der Waals surface area contributed by atoms with Crippen molar-refractivity contribution >= 4 is 5.82 Å². The number of nitrogens with zero attached hydrogens (tertiary/aromatic N) is 1. The van der Waals surface area contributed by atoms with E-state index in [-0.39, 0.29) is 28.6 Å². The Morgan fingerprint density at radius 2 is 2.25 bits per heavy atom. The summed E-state index contributed by atoms with van der Waals surface area (Å²) in [5, 5.41) is 12.8. The third-order valence-electron chi connectivity index (χ3n) is 2.07. The number of halogens is 1. The van der Waals surface area contributed by atoms with Crippen molar-refractivity contribution < 1.29 is 18.8 Å². The summed E-state index contributed by atoms with van der Waals surface area (Å²) in [7, 11) is 1.26. The van der Waals surface area contributed by atoms with Gasteiger partial charge in [-0.3, -0.25) is 0 Å². The van der Waals surface area contributed by atoms with Gasteiger partial charge < -0.3 is 20.1 Å². The van der Waals surface area contributed by atoms with Crippen LogP contribution in [0.25, 0.3) is 11.3 Å². The molecule has 16 heavy (non-hydrogen) atoms. The first-order valence-corrected chi connectivity index (χ1v) is 4.41. The predicted molar refractivity (Wildman–Crippen MR) is 54.5 cm³/mol. The number of rotatable bonds is 2. The number of anilines is 1. The van der Waals surface area contributed by atoms with E-state index in [2.05, 4.69) is 5.16 Å². The molecule has 2 aromatic rings. The monoisotopic (exact) mass is 224 g/mol. The van der Waals surface area contributed by atoms with Gasteiger partial charge in [0.05, 0.1) is 12.7 Å². The minimum absolute atomic E-state index is 0.124. The fourth-order valence-electron chi connectivity index (χ4n) is 1.35. The highest BCUT2D eigenvalue weighted by Crippen LogP contribution is 2.36. The van der Waals surface area contributed by atoms with Crippen molar-refractivity contribution in [3.8, 4) is 22.8 Å². The van der Waals surface area contributed by atoms with Crippen molar-refractivity contribution in [1.82, 2.24) is 5.16 Å². The van der Waals surface area contributed by atoms with Crippen LogP contribution < -0.4 is 10.5 Å². The maximum atomic E-state index is 13.8. The topological polar surface area (TPSA) is 81.5 Å². The fraction of sp³-hybridized carbons (Fsp3) is 0.100. The second-order valence-electron chi connectivity index (χ2n) is 3.10. The Labute approximate surface area is 90.2 Å². The highest BCUT2D eigenvalue weighted by atomic mass is 19.1. The number of phenolic OH excluding ortho intramolecular Hbond substituents is 1. The maximum absolute atomic E-state index is 13.8. The summed E-state index contributed by atoms with van der Waals surface area (Å²) in [6.45, 7) is 0. The van der Waals surface area contributed by atoms with Crippen LogP contribution in [0.3, 0.4) is 0 Å². The smallest absolute Gasteiger partial charge is 0.197 e. The van der Waals surface area contributed by atoms with Crippen LogP contribution in [-0.2, 0) is 0 Å². The van der Waals surface area contributed by atoms with Gasteiger partial charge in [-0.1, -0.05) is 5.16 Å². The van der Waals surface area contributed by atoms with Crippen molar-refractivity contribution in [2.45, 2.75) is 0 Å². The number of hydrogen-bond donors (Lipinski definition) is 2. The molecule has 0 aliphatic carbocycles. The molecule has 1 aromatic carbocycles. The van der Waals surface area contributed by atoms with E-state index in [1.54, 1.807) is 0 Å². The molecule has 1 aromatic heterocycles. The Bertz CT molecular complexity index is 525. The molecule has 0 spiro atoms. The van der Waals surface area contributed by atoms with Crippen LogP contribution in [-0.4, -0.2) is 17.4 Å². The summed E-state index contributed by atoms with van der Waals surface area (Å²) in [5.74, 6) is -0.919. The quantitative estimate of drug-likeness (QED) is 0.812. The van der Waals surface area contributed by atoms with Gasteiger partial charge in [-0.2, -0.15) is 0 Å². The van der Waals surface area contributed by atoms with E-state index < -0.39 is 5.82 Å². The third-order valence-corrected chi connectivity index (χ3v) is 2.07. The summed E-state index contributed by atoms with van der Waals surface area (Å²) < 4.78 is 23.4. The zero-order valence-corrected chi connectivity index (χ0v) is 8.40. The average molecular weight is 224 g/mol. The highest BCUT2D eigenvalue weighted by Gasteiger charge is 2.17. The van der Waals surface area contributed by atoms with E-state index >= 15 is 0 Å². The van der Waals surface area contributed by atoms with Crippen LogP contribution in [0, 0.1) is 5.82 Å². The molecule has 6 heteroatoms. The van der Waals surface area contributed by atoms with E-state index in [9.17, 15) is 9.50 Å². The summed E-state index contributed by atoms with van der Waals surface area (Å²) in [6, 6.07) is 4.04. The number of phenols is 1. The number of ether oxygens (including phenoxy) is 1. The van der Waals surface area contributed by atoms with Gasteiger partial charge in [0.25, 0.3) is 0 Å². The van der Waals surface area contributed by atoms with Crippen molar-refractivity contribution in [2.75, 3.05) is 12.8 Å². The first kappa shape index (κ1) is 10.3. The second-order valence-corrected chi connectivity index (χ2v) is 3.10. The van der Waals surface area contributed by atoms with E-state index in [1.165, 1.54) is 25.3 Å². The Hall–Kier alpha value is -2.24. The molecule has 0 amide bonds. The zero-order valence-electron chi connectivity index (χ0n) is 8.40. The number of hydrogen-bond acceptors (Lipinski definition) is 5. The molecule has 0 bridgehead atoms. The normalized spacial score (nSPS) is 10.4. The molecule has 0 fully saturated rings. The molecule has 5 nitrogen and oxygen atoms in total. The van der Waals surface area contributed by atoms with Crippen LogP contribution in [0.1, 0.15) is 0 Å². The molecule has 84 valence electrons. The molecule has 0 saturated carbocycles. The van der Waals surface area contributed by atoms with Crippen LogP contribution >= 0.6 is 0 Å². The zero-order chi connectivity index (χ0) is 11.7. The van der Waals surface area contributed by atoms with Crippen molar-refractivity contribution in [2.24, 2.45) is 0 Å². The lowest BCUT2D eigenvalue weighted by Crippen LogP contribution is -1.91. The summed E-state index contributed by atoms with van der Waals surface area (Å²) in [4.78, 5) is 0. The van der Waals surface area contributed by atoms with E-state index in [1.807, 2.05) is 0 Å². The average Bonchev–Trinajstić information content (AvgIpc) is 2.65. The molecule has 0 unspecified atom stereocenters.